The molecule has 0 aliphatic rings. The van der Waals surface area contributed by atoms with Crippen LogP contribution in [0.3, 0.4) is 0 Å². The Hall–Kier alpha value is -3.65. The fraction of sp³-hybridized carbons (Fsp3) is 0.333. The maximum absolute atomic E-state index is 13.7. The van der Waals surface area contributed by atoms with Gasteiger partial charge in [0, 0.05) is 33.0 Å². The molecule has 3 rings (SSSR count). The summed E-state index contributed by atoms with van der Waals surface area (Å²) < 4.78 is 26.3. The van der Waals surface area contributed by atoms with Crippen LogP contribution in [0.5, 0.6) is 0 Å². The summed E-state index contributed by atoms with van der Waals surface area (Å²) in [4.78, 5) is 28.3. The van der Waals surface area contributed by atoms with Crippen LogP contribution in [-0.2, 0) is 32.6 Å². The van der Waals surface area contributed by atoms with Gasteiger partial charge in [0.25, 0.3) is 0 Å². The number of carbonyl (C=O) groups is 2. The normalized spacial score (nSPS) is 12.0. The largest absolute Gasteiger partial charge is 0.357 e. The number of nitrogens with zero attached hydrogens (tertiary/aromatic N) is 2. The number of likely N-dealkylation sites (N-methyl/N-ethyl adjacent to an activating group) is 1. The first-order valence-electron chi connectivity index (χ1n) is 12.7. The predicted molar refractivity (Wildman–Crippen MR) is 152 cm³/mol. The molecule has 1 N–H and O–H groups in total. The van der Waals surface area contributed by atoms with Crippen LogP contribution in [0.25, 0.3) is 0 Å². The first-order valence-corrected chi connectivity index (χ1v) is 14.6. The molecule has 38 heavy (non-hydrogen) atoms. The van der Waals surface area contributed by atoms with Crippen molar-refractivity contribution in [2.24, 2.45) is 0 Å². The van der Waals surface area contributed by atoms with Gasteiger partial charge in [0.15, 0.2) is 0 Å². The summed E-state index contributed by atoms with van der Waals surface area (Å²) in [6.07, 6.45) is 1.96. The fourth-order valence-corrected chi connectivity index (χ4v) is 5.29. The quantitative estimate of drug-likeness (QED) is 0.376. The maximum Gasteiger partial charge on any atom is 0.242 e. The fourth-order valence-electron chi connectivity index (χ4n) is 4.33. The molecule has 3 aromatic rings. The minimum absolute atomic E-state index is 0.103. The Labute approximate surface area is 226 Å². The number of rotatable bonds is 12. The molecule has 7 nitrogen and oxygen atoms in total. The monoisotopic (exact) mass is 535 g/mol. The molecule has 1 atom stereocenters. The third-order valence-corrected chi connectivity index (χ3v) is 7.66. The van der Waals surface area contributed by atoms with Crippen LogP contribution in [0.1, 0.15) is 35.1 Å². The van der Waals surface area contributed by atoms with Crippen LogP contribution in [-0.4, -0.2) is 51.0 Å². The number of nitrogens with one attached hydrogen (secondary N) is 1. The number of sulfonamides is 1. The van der Waals surface area contributed by atoms with Crippen LogP contribution in [0.4, 0.5) is 5.69 Å². The number of anilines is 1. The zero-order valence-corrected chi connectivity index (χ0v) is 23.4. The second kappa shape index (κ2) is 13.2. The summed E-state index contributed by atoms with van der Waals surface area (Å²) in [7, 11) is -1.96. The van der Waals surface area contributed by atoms with Crippen LogP contribution in [0, 0.1) is 13.8 Å². The Bertz CT molecular complexity index is 1310. The van der Waals surface area contributed by atoms with E-state index in [2.05, 4.69) is 5.32 Å². The molecule has 0 spiro atoms. The molecular weight excluding hydrogens is 498 g/mol. The van der Waals surface area contributed by atoms with E-state index in [0.29, 0.717) is 18.5 Å². The van der Waals surface area contributed by atoms with Crippen molar-refractivity contribution in [1.82, 2.24) is 10.2 Å². The van der Waals surface area contributed by atoms with Gasteiger partial charge in [-0.3, -0.25) is 13.9 Å². The summed E-state index contributed by atoms with van der Waals surface area (Å²) in [5.41, 5.74) is 4.57. The molecule has 0 unspecified atom stereocenters. The summed E-state index contributed by atoms with van der Waals surface area (Å²) in [6.45, 7) is 4.37. The van der Waals surface area contributed by atoms with Crippen molar-refractivity contribution < 1.29 is 18.0 Å². The van der Waals surface area contributed by atoms with Gasteiger partial charge in [-0.15, -0.1) is 0 Å². The minimum atomic E-state index is -3.53. The van der Waals surface area contributed by atoms with Crippen molar-refractivity contribution in [1.29, 1.82) is 0 Å². The van der Waals surface area contributed by atoms with Crippen molar-refractivity contribution in [2.75, 3.05) is 24.2 Å². The highest BCUT2D eigenvalue weighted by Gasteiger charge is 2.30. The van der Waals surface area contributed by atoms with E-state index in [0.717, 1.165) is 22.3 Å². The van der Waals surface area contributed by atoms with Gasteiger partial charge in [-0.05, 0) is 43.5 Å². The third-order valence-electron chi connectivity index (χ3n) is 6.47. The van der Waals surface area contributed by atoms with Crippen molar-refractivity contribution in [2.45, 2.75) is 45.7 Å². The number of carbonyl (C=O) groups excluding carboxylic acids is 2. The standard InChI is InChI=1S/C30H37N3O4S/c1-23-12-16-26(17-13-23)22-32(28(30(35)31-3)21-25-9-6-5-7-10-25)29(34)11-8-20-33(38(4,36)37)27-18-14-24(2)15-19-27/h5-7,9-10,12-19,28H,8,11,20-22H2,1-4H3,(H,31,35)/t28-/m0/s1. The highest BCUT2D eigenvalue weighted by atomic mass is 32.2. The Balaban J connectivity index is 1.83. The van der Waals surface area contributed by atoms with E-state index in [9.17, 15) is 18.0 Å². The molecule has 202 valence electrons. The minimum Gasteiger partial charge on any atom is -0.357 e. The zero-order chi connectivity index (χ0) is 27.7. The topological polar surface area (TPSA) is 86.8 Å². The molecule has 2 amide bonds. The molecule has 0 aliphatic carbocycles. The van der Waals surface area contributed by atoms with Gasteiger partial charge in [-0.2, -0.15) is 0 Å². The molecule has 0 bridgehead atoms. The van der Waals surface area contributed by atoms with Gasteiger partial charge in [0.1, 0.15) is 6.04 Å². The second-order valence-corrected chi connectivity index (χ2v) is 11.5. The lowest BCUT2D eigenvalue weighted by atomic mass is 10.0. The molecule has 8 heteroatoms. The Morgan fingerprint density at radius 2 is 1.42 bits per heavy atom. The third kappa shape index (κ3) is 8.18. The summed E-state index contributed by atoms with van der Waals surface area (Å²) in [5, 5.41) is 2.72. The molecule has 0 aromatic heterocycles. The lowest BCUT2D eigenvalue weighted by molar-refractivity contribution is -0.141. The van der Waals surface area contributed by atoms with E-state index in [1.807, 2.05) is 80.6 Å². The smallest absolute Gasteiger partial charge is 0.242 e. The number of benzene rings is 3. The molecule has 0 aliphatic heterocycles. The van der Waals surface area contributed by atoms with Crippen molar-refractivity contribution in [3.63, 3.8) is 0 Å². The first-order chi connectivity index (χ1) is 18.1. The predicted octanol–water partition coefficient (Wildman–Crippen LogP) is 4.24. The van der Waals surface area contributed by atoms with E-state index < -0.39 is 16.1 Å². The van der Waals surface area contributed by atoms with Gasteiger partial charge >= 0.3 is 0 Å². The zero-order valence-electron chi connectivity index (χ0n) is 22.6. The molecule has 0 fully saturated rings. The maximum atomic E-state index is 13.7. The lowest BCUT2D eigenvalue weighted by Gasteiger charge is -2.31. The van der Waals surface area contributed by atoms with E-state index in [1.54, 1.807) is 24.1 Å². The summed E-state index contributed by atoms with van der Waals surface area (Å²) in [5.74, 6) is -0.445. The SMILES string of the molecule is CNC(=O)[C@H](Cc1ccccc1)N(Cc1ccc(C)cc1)C(=O)CCCN(c1ccc(C)cc1)S(C)(=O)=O. The Morgan fingerprint density at radius 1 is 0.842 bits per heavy atom. The molecule has 0 saturated heterocycles. The van der Waals surface area contributed by atoms with E-state index in [4.69, 9.17) is 0 Å². The van der Waals surface area contributed by atoms with Crippen LogP contribution in [0.15, 0.2) is 78.9 Å². The van der Waals surface area contributed by atoms with Crippen molar-refractivity contribution in [3.8, 4) is 0 Å². The first kappa shape index (κ1) is 28.9. The van der Waals surface area contributed by atoms with Crippen LogP contribution in [0.2, 0.25) is 0 Å². The van der Waals surface area contributed by atoms with Crippen molar-refractivity contribution in [3.05, 3.63) is 101 Å². The molecule has 0 saturated carbocycles. The molecule has 3 aromatic carbocycles. The molecule has 0 radical (unpaired) electrons. The number of hydrogen-bond donors (Lipinski definition) is 1. The van der Waals surface area contributed by atoms with Crippen molar-refractivity contribution >= 4 is 27.5 Å². The lowest BCUT2D eigenvalue weighted by Crippen LogP contribution is -2.49. The molecular formula is C30H37N3O4S. The van der Waals surface area contributed by atoms with E-state index >= 15 is 0 Å². The van der Waals surface area contributed by atoms with Crippen LogP contribution >= 0.6 is 0 Å². The Kier molecular flexibility index (Phi) is 10.1. The van der Waals surface area contributed by atoms with Gasteiger partial charge in [-0.1, -0.05) is 77.9 Å². The highest BCUT2D eigenvalue weighted by Crippen LogP contribution is 2.21. The molecule has 0 heterocycles. The van der Waals surface area contributed by atoms with E-state index in [-0.39, 0.29) is 31.3 Å². The van der Waals surface area contributed by atoms with Gasteiger partial charge < -0.3 is 10.2 Å². The van der Waals surface area contributed by atoms with E-state index in [1.165, 1.54) is 10.6 Å². The summed E-state index contributed by atoms with van der Waals surface area (Å²) in [6, 6.07) is 24.0. The summed E-state index contributed by atoms with van der Waals surface area (Å²) >= 11 is 0. The number of hydrogen-bond acceptors (Lipinski definition) is 4. The Morgan fingerprint density at radius 3 is 1.97 bits per heavy atom. The second-order valence-electron chi connectivity index (χ2n) is 9.60. The van der Waals surface area contributed by atoms with Gasteiger partial charge in [0.2, 0.25) is 21.8 Å². The highest BCUT2D eigenvalue weighted by molar-refractivity contribution is 7.92. The van der Waals surface area contributed by atoms with Crippen LogP contribution < -0.4 is 9.62 Å². The average molecular weight is 536 g/mol. The van der Waals surface area contributed by atoms with Gasteiger partial charge in [0.05, 0.1) is 11.9 Å². The number of amides is 2. The van der Waals surface area contributed by atoms with Gasteiger partial charge in [-0.25, -0.2) is 8.42 Å². The number of aryl methyl sites for hydroxylation is 2. The average Bonchev–Trinajstić information content (AvgIpc) is 2.89.